The molecule has 1 heterocycles. The molecule has 1 fully saturated rings. The van der Waals surface area contributed by atoms with Crippen molar-refractivity contribution < 1.29 is 18.8 Å². The van der Waals surface area contributed by atoms with Gasteiger partial charge in [0.15, 0.2) is 5.78 Å². The second kappa shape index (κ2) is 8.51. The lowest BCUT2D eigenvalue weighted by atomic mass is 9.96. The molecule has 2 aromatic carbocycles. The molecule has 8 heteroatoms. The Hall–Kier alpha value is -3.19. The van der Waals surface area contributed by atoms with Crippen LogP contribution in [0.4, 0.5) is 15.8 Å². The molecule has 0 spiro atoms. The number of fused-ring (bicyclic) bond motifs is 1. The first kappa shape index (κ1) is 21.1. The number of nitrogens with zero attached hydrogens (tertiary/aromatic N) is 2. The normalized spacial score (nSPS) is 18.0. The number of ketones is 1. The van der Waals surface area contributed by atoms with E-state index in [0.29, 0.717) is 37.4 Å². The summed E-state index contributed by atoms with van der Waals surface area (Å²) in [5, 5.41) is 2.71. The van der Waals surface area contributed by atoms with Gasteiger partial charge in [0.05, 0.1) is 5.02 Å². The average molecular weight is 442 g/mol. The van der Waals surface area contributed by atoms with Crippen molar-refractivity contribution in [3.63, 3.8) is 0 Å². The summed E-state index contributed by atoms with van der Waals surface area (Å²) < 4.78 is 13.8. The number of allylic oxidation sites excluding steroid dienone is 1. The van der Waals surface area contributed by atoms with Gasteiger partial charge in [-0.2, -0.15) is 0 Å². The number of piperazine rings is 1. The summed E-state index contributed by atoms with van der Waals surface area (Å²) >= 11 is 5.76. The maximum atomic E-state index is 13.8. The summed E-state index contributed by atoms with van der Waals surface area (Å²) in [5.74, 6) is -1.78. The SMILES string of the molecule is C[C@@H]1CN(C(=O)C(=O)Nc2ccc3c(c2)C=CC(=O)C3)CCN1c1ccc(Cl)c(F)c1. The maximum Gasteiger partial charge on any atom is 0.313 e. The molecule has 4 rings (SSSR count). The number of carbonyl (C=O) groups is 3. The van der Waals surface area contributed by atoms with Crippen molar-refractivity contribution in [2.24, 2.45) is 0 Å². The van der Waals surface area contributed by atoms with Crippen LogP contribution in [0.3, 0.4) is 0 Å². The quantitative estimate of drug-likeness (QED) is 0.726. The topological polar surface area (TPSA) is 69.7 Å². The van der Waals surface area contributed by atoms with E-state index in [4.69, 9.17) is 11.6 Å². The monoisotopic (exact) mass is 441 g/mol. The highest BCUT2D eigenvalue weighted by molar-refractivity contribution is 6.39. The summed E-state index contributed by atoms with van der Waals surface area (Å²) in [7, 11) is 0. The van der Waals surface area contributed by atoms with Crippen LogP contribution in [0.2, 0.25) is 5.02 Å². The Morgan fingerprint density at radius 1 is 1.13 bits per heavy atom. The predicted molar refractivity (Wildman–Crippen MR) is 118 cm³/mol. The van der Waals surface area contributed by atoms with Crippen LogP contribution in [-0.4, -0.2) is 48.2 Å². The van der Waals surface area contributed by atoms with E-state index in [1.54, 1.807) is 30.3 Å². The number of amides is 2. The molecule has 2 aliphatic rings. The van der Waals surface area contributed by atoms with Crippen LogP contribution in [0.15, 0.2) is 42.5 Å². The number of nitrogens with one attached hydrogen (secondary N) is 1. The van der Waals surface area contributed by atoms with Gasteiger partial charge in [0.25, 0.3) is 0 Å². The fraction of sp³-hybridized carbons (Fsp3) is 0.261. The lowest BCUT2D eigenvalue weighted by molar-refractivity contribution is -0.143. The first-order valence-corrected chi connectivity index (χ1v) is 10.4. The smallest absolute Gasteiger partial charge is 0.313 e. The Bertz CT molecular complexity index is 1100. The van der Waals surface area contributed by atoms with E-state index in [1.165, 1.54) is 23.1 Å². The Balaban J connectivity index is 1.39. The van der Waals surface area contributed by atoms with E-state index >= 15 is 0 Å². The largest absolute Gasteiger partial charge is 0.365 e. The summed E-state index contributed by atoms with van der Waals surface area (Å²) in [5.41, 5.74) is 2.92. The van der Waals surface area contributed by atoms with Crippen LogP contribution in [0, 0.1) is 5.82 Å². The van der Waals surface area contributed by atoms with E-state index in [0.717, 1.165) is 11.1 Å². The molecular formula is C23H21ClFN3O3. The van der Waals surface area contributed by atoms with Crippen LogP contribution < -0.4 is 10.2 Å². The molecule has 160 valence electrons. The van der Waals surface area contributed by atoms with E-state index in [9.17, 15) is 18.8 Å². The molecule has 0 bridgehead atoms. The number of halogens is 2. The second-order valence-corrected chi connectivity index (χ2v) is 8.14. The lowest BCUT2D eigenvalue weighted by Crippen LogP contribution is -2.55. The van der Waals surface area contributed by atoms with Crippen LogP contribution in [0.5, 0.6) is 0 Å². The van der Waals surface area contributed by atoms with Gasteiger partial charge in [0.1, 0.15) is 5.82 Å². The Kier molecular flexibility index (Phi) is 5.78. The van der Waals surface area contributed by atoms with E-state index < -0.39 is 17.6 Å². The van der Waals surface area contributed by atoms with E-state index in [2.05, 4.69) is 5.32 Å². The van der Waals surface area contributed by atoms with E-state index in [-0.39, 0.29) is 16.8 Å². The minimum atomic E-state index is -0.714. The predicted octanol–water partition coefficient (Wildman–Crippen LogP) is 3.29. The third kappa shape index (κ3) is 4.46. The molecule has 1 N–H and O–H groups in total. The van der Waals surface area contributed by atoms with Gasteiger partial charge in [-0.3, -0.25) is 14.4 Å². The molecule has 6 nitrogen and oxygen atoms in total. The van der Waals surface area contributed by atoms with Crippen LogP contribution in [-0.2, 0) is 20.8 Å². The molecule has 0 radical (unpaired) electrons. The van der Waals surface area contributed by atoms with Crippen molar-refractivity contribution in [1.82, 2.24) is 4.90 Å². The summed E-state index contributed by atoms with van der Waals surface area (Å²) in [6.45, 7) is 3.07. The van der Waals surface area contributed by atoms with Gasteiger partial charge < -0.3 is 15.1 Å². The molecule has 0 saturated carbocycles. The average Bonchev–Trinajstić information content (AvgIpc) is 2.75. The van der Waals surface area contributed by atoms with Crippen LogP contribution in [0.25, 0.3) is 6.08 Å². The number of benzene rings is 2. The zero-order chi connectivity index (χ0) is 22.1. The molecule has 1 aliphatic carbocycles. The van der Waals surface area contributed by atoms with Crippen LogP contribution in [0.1, 0.15) is 18.1 Å². The Labute approximate surface area is 184 Å². The van der Waals surface area contributed by atoms with Gasteiger partial charge in [-0.1, -0.05) is 23.7 Å². The maximum absolute atomic E-state index is 13.8. The number of rotatable bonds is 2. The second-order valence-electron chi connectivity index (χ2n) is 7.74. The fourth-order valence-electron chi connectivity index (χ4n) is 3.94. The minimum Gasteiger partial charge on any atom is -0.365 e. The zero-order valence-corrected chi connectivity index (χ0v) is 17.7. The van der Waals surface area contributed by atoms with Crippen molar-refractivity contribution in [3.8, 4) is 0 Å². The molecule has 2 amide bonds. The standard InChI is InChI=1S/C23H21ClFN3O3/c1-14-13-27(8-9-28(14)18-5-7-20(24)21(25)12-18)23(31)22(30)26-17-4-2-16-11-19(29)6-3-15(16)10-17/h2-7,10,12,14H,8-9,11,13H2,1H3,(H,26,30)/t14-/m1/s1. The molecule has 0 aromatic heterocycles. The van der Waals surface area contributed by atoms with Gasteiger partial charge in [-0.25, -0.2) is 4.39 Å². The zero-order valence-electron chi connectivity index (χ0n) is 16.9. The number of anilines is 2. The molecule has 1 atom stereocenters. The number of hydrogen-bond donors (Lipinski definition) is 1. The molecular weight excluding hydrogens is 421 g/mol. The third-order valence-electron chi connectivity index (χ3n) is 5.56. The van der Waals surface area contributed by atoms with Crippen molar-refractivity contribution in [2.45, 2.75) is 19.4 Å². The van der Waals surface area contributed by atoms with Crippen LogP contribution >= 0.6 is 11.6 Å². The van der Waals surface area contributed by atoms with Gasteiger partial charge >= 0.3 is 11.8 Å². The summed E-state index contributed by atoms with van der Waals surface area (Å²) in [6.07, 6.45) is 3.55. The third-order valence-corrected chi connectivity index (χ3v) is 5.87. The van der Waals surface area contributed by atoms with Crippen molar-refractivity contribution >= 4 is 46.6 Å². The van der Waals surface area contributed by atoms with Crippen molar-refractivity contribution in [3.05, 3.63) is 64.4 Å². The highest BCUT2D eigenvalue weighted by atomic mass is 35.5. The number of hydrogen-bond acceptors (Lipinski definition) is 4. The minimum absolute atomic E-state index is 0.0362. The Morgan fingerprint density at radius 2 is 1.94 bits per heavy atom. The molecule has 0 unspecified atom stereocenters. The lowest BCUT2D eigenvalue weighted by Gasteiger charge is -2.41. The molecule has 1 aliphatic heterocycles. The number of carbonyl (C=O) groups excluding carboxylic acids is 3. The van der Waals surface area contributed by atoms with Gasteiger partial charge in [-0.15, -0.1) is 0 Å². The molecule has 31 heavy (non-hydrogen) atoms. The Morgan fingerprint density at radius 3 is 2.68 bits per heavy atom. The highest BCUT2D eigenvalue weighted by Gasteiger charge is 2.30. The summed E-state index contributed by atoms with van der Waals surface area (Å²) in [6, 6.07) is 9.74. The van der Waals surface area contributed by atoms with Gasteiger partial charge in [0.2, 0.25) is 0 Å². The molecule has 2 aromatic rings. The first-order chi connectivity index (χ1) is 14.8. The van der Waals surface area contributed by atoms with Crippen molar-refractivity contribution in [2.75, 3.05) is 29.9 Å². The highest BCUT2D eigenvalue weighted by Crippen LogP contribution is 2.26. The van der Waals surface area contributed by atoms with Crippen molar-refractivity contribution in [1.29, 1.82) is 0 Å². The fourth-order valence-corrected chi connectivity index (χ4v) is 4.05. The van der Waals surface area contributed by atoms with E-state index in [1.807, 2.05) is 11.8 Å². The molecule has 1 saturated heterocycles. The van der Waals surface area contributed by atoms with Gasteiger partial charge in [0, 0.05) is 43.5 Å². The van der Waals surface area contributed by atoms with Gasteiger partial charge in [-0.05, 0) is 54.5 Å². The first-order valence-electron chi connectivity index (χ1n) is 9.97. The summed E-state index contributed by atoms with van der Waals surface area (Å²) in [4.78, 5) is 40.2.